The lowest BCUT2D eigenvalue weighted by Crippen LogP contribution is -2.51. The summed E-state index contributed by atoms with van der Waals surface area (Å²) >= 11 is 11.1. The summed E-state index contributed by atoms with van der Waals surface area (Å²) in [6.45, 7) is 2.01. The van der Waals surface area contributed by atoms with Crippen molar-refractivity contribution in [3.8, 4) is 17.2 Å². The van der Waals surface area contributed by atoms with E-state index >= 15 is 0 Å². The lowest BCUT2D eigenvalue weighted by atomic mass is 10.1. The molecule has 1 saturated heterocycles. The van der Waals surface area contributed by atoms with Gasteiger partial charge >= 0.3 is 5.97 Å². The van der Waals surface area contributed by atoms with Gasteiger partial charge in [-0.15, -0.1) is 0 Å². The van der Waals surface area contributed by atoms with Crippen molar-refractivity contribution in [1.29, 1.82) is 0 Å². The Balaban J connectivity index is 1.92. The molecule has 1 aliphatic rings. The summed E-state index contributed by atoms with van der Waals surface area (Å²) in [4.78, 5) is 36.7. The van der Waals surface area contributed by atoms with Crippen molar-refractivity contribution in [1.82, 2.24) is 10.6 Å². The van der Waals surface area contributed by atoms with Crippen LogP contribution in [0, 0.1) is 0 Å². The van der Waals surface area contributed by atoms with Crippen molar-refractivity contribution in [2.45, 2.75) is 6.92 Å². The van der Waals surface area contributed by atoms with Crippen molar-refractivity contribution >= 4 is 52.8 Å². The number of esters is 1. The maximum atomic E-state index is 12.5. The van der Waals surface area contributed by atoms with E-state index in [2.05, 4.69) is 10.6 Å². The van der Waals surface area contributed by atoms with Gasteiger partial charge in [0.1, 0.15) is 11.3 Å². The Labute approximate surface area is 188 Å². The minimum absolute atomic E-state index is 0.0187. The first-order valence-electron chi connectivity index (χ1n) is 9.03. The highest BCUT2D eigenvalue weighted by Crippen LogP contribution is 2.38. The van der Waals surface area contributed by atoms with E-state index in [1.165, 1.54) is 25.3 Å². The Morgan fingerprint density at radius 1 is 1.13 bits per heavy atom. The number of thiocarbonyl (C=S) groups is 1. The van der Waals surface area contributed by atoms with E-state index in [0.29, 0.717) is 11.3 Å². The molecule has 2 amide bonds. The predicted octanol–water partition coefficient (Wildman–Crippen LogP) is 2.88. The van der Waals surface area contributed by atoms with E-state index < -0.39 is 17.8 Å². The van der Waals surface area contributed by atoms with Crippen molar-refractivity contribution in [3.05, 3.63) is 58.1 Å². The molecule has 1 heterocycles. The quantitative estimate of drug-likeness (QED) is 0.224. The lowest BCUT2D eigenvalue weighted by Gasteiger charge is -2.17. The number of nitrogens with one attached hydrogen (secondary N) is 2. The molecule has 0 aromatic heterocycles. The molecule has 1 fully saturated rings. The van der Waals surface area contributed by atoms with Crippen LogP contribution in [0.15, 0.2) is 42.0 Å². The van der Waals surface area contributed by atoms with Gasteiger partial charge < -0.3 is 14.2 Å². The maximum Gasteiger partial charge on any atom is 0.343 e. The molecular weight excluding hydrogens is 444 g/mol. The van der Waals surface area contributed by atoms with Crippen LogP contribution in [0.1, 0.15) is 22.8 Å². The fraction of sp³-hybridized carbons (Fsp3) is 0.143. The molecule has 2 aromatic carbocycles. The summed E-state index contributed by atoms with van der Waals surface area (Å²) in [6.07, 6.45) is 1.33. The number of halogens is 1. The van der Waals surface area contributed by atoms with Gasteiger partial charge in [-0.3, -0.25) is 20.2 Å². The monoisotopic (exact) mass is 460 g/mol. The van der Waals surface area contributed by atoms with Crippen LogP contribution in [-0.4, -0.2) is 36.6 Å². The third kappa shape index (κ3) is 5.19. The van der Waals surface area contributed by atoms with E-state index in [4.69, 9.17) is 38.0 Å². The molecule has 10 heteroatoms. The largest absolute Gasteiger partial charge is 0.497 e. The second-order valence-electron chi connectivity index (χ2n) is 6.18. The fourth-order valence-corrected chi connectivity index (χ4v) is 3.13. The minimum Gasteiger partial charge on any atom is -0.497 e. The maximum absolute atomic E-state index is 12.5. The Bertz CT molecular complexity index is 1080. The van der Waals surface area contributed by atoms with Crippen LogP contribution in [0.5, 0.6) is 17.2 Å². The van der Waals surface area contributed by atoms with E-state index in [0.717, 1.165) is 0 Å². The molecule has 0 unspecified atom stereocenters. The SMILES string of the molecule is CCOc1cc(C=C2C(=O)NC(=S)NC2=O)cc(Cl)c1OC(=O)c1ccc(OC)cc1. The third-order valence-corrected chi connectivity index (χ3v) is 4.59. The Hall–Kier alpha value is -3.43. The van der Waals surface area contributed by atoms with Gasteiger partial charge in [0.05, 0.1) is 24.3 Å². The van der Waals surface area contributed by atoms with Crippen molar-refractivity contribution in [2.75, 3.05) is 13.7 Å². The fourth-order valence-electron chi connectivity index (χ4n) is 2.69. The van der Waals surface area contributed by atoms with Gasteiger partial charge in [-0.25, -0.2) is 4.79 Å². The molecule has 2 N–H and O–H groups in total. The first-order chi connectivity index (χ1) is 14.8. The molecule has 2 aromatic rings. The number of methoxy groups -OCH3 is 1. The number of ether oxygens (including phenoxy) is 3. The number of hydrogen-bond donors (Lipinski definition) is 2. The van der Waals surface area contributed by atoms with Gasteiger partial charge in [0.2, 0.25) is 0 Å². The highest BCUT2D eigenvalue weighted by atomic mass is 35.5. The summed E-state index contributed by atoms with van der Waals surface area (Å²) in [7, 11) is 1.52. The number of hydrogen-bond acceptors (Lipinski definition) is 7. The standard InChI is InChI=1S/C21H17ClN2O6S/c1-3-29-16-10-11(8-14-18(25)23-21(31)24-19(14)26)9-15(22)17(16)30-20(27)12-4-6-13(28-2)7-5-12/h4-10H,3H2,1-2H3,(H2,23,24,25,26,31). The number of benzene rings is 2. The normalized spacial score (nSPS) is 13.3. The van der Waals surface area contributed by atoms with Gasteiger partial charge in [0.25, 0.3) is 11.8 Å². The van der Waals surface area contributed by atoms with Crippen LogP contribution >= 0.6 is 23.8 Å². The molecule has 0 saturated carbocycles. The van der Waals surface area contributed by atoms with E-state index in [-0.39, 0.29) is 39.4 Å². The zero-order valence-corrected chi connectivity index (χ0v) is 18.1. The summed E-state index contributed by atoms with van der Waals surface area (Å²) < 4.78 is 16.1. The summed E-state index contributed by atoms with van der Waals surface area (Å²) in [6, 6.07) is 9.32. The van der Waals surface area contributed by atoms with Gasteiger partial charge in [0.15, 0.2) is 16.6 Å². The average molecular weight is 461 g/mol. The smallest absolute Gasteiger partial charge is 0.343 e. The zero-order valence-electron chi connectivity index (χ0n) is 16.5. The molecule has 0 spiro atoms. The summed E-state index contributed by atoms with van der Waals surface area (Å²) in [5, 5.41) is 4.69. The Morgan fingerprint density at radius 2 is 1.77 bits per heavy atom. The van der Waals surface area contributed by atoms with Crippen LogP contribution in [0.3, 0.4) is 0 Å². The van der Waals surface area contributed by atoms with Crippen LogP contribution in [0.25, 0.3) is 6.08 Å². The first-order valence-corrected chi connectivity index (χ1v) is 9.82. The highest BCUT2D eigenvalue weighted by Gasteiger charge is 2.26. The number of amides is 2. The number of carbonyl (C=O) groups is 3. The Morgan fingerprint density at radius 3 is 2.35 bits per heavy atom. The zero-order chi connectivity index (χ0) is 22.5. The van der Waals surface area contributed by atoms with Crippen molar-refractivity contribution < 1.29 is 28.6 Å². The van der Waals surface area contributed by atoms with Gasteiger partial charge in [-0.1, -0.05) is 11.6 Å². The predicted molar refractivity (Wildman–Crippen MR) is 117 cm³/mol. The molecule has 1 aliphatic heterocycles. The molecule has 0 radical (unpaired) electrons. The van der Waals surface area contributed by atoms with Crippen molar-refractivity contribution in [2.24, 2.45) is 0 Å². The van der Waals surface area contributed by atoms with E-state index in [9.17, 15) is 14.4 Å². The van der Waals surface area contributed by atoms with E-state index in [1.54, 1.807) is 31.2 Å². The Kier molecular flexibility index (Phi) is 6.88. The highest BCUT2D eigenvalue weighted by molar-refractivity contribution is 7.80. The average Bonchev–Trinajstić information content (AvgIpc) is 2.73. The topological polar surface area (TPSA) is 103 Å². The van der Waals surface area contributed by atoms with Gasteiger partial charge in [0, 0.05) is 0 Å². The number of rotatable bonds is 6. The van der Waals surface area contributed by atoms with Crippen LogP contribution in [-0.2, 0) is 9.59 Å². The minimum atomic E-state index is -0.642. The molecule has 3 rings (SSSR count). The van der Waals surface area contributed by atoms with Crippen molar-refractivity contribution in [3.63, 3.8) is 0 Å². The molecular formula is C21H17ClN2O6S. The second-order valence-corrected chi connectivity index (χ2v) is 6.99. The van der Waals surface area contributed by atoms with Crippen LogP contribution < -0.4 is 24.8 Å². The second kappa shape index (κ2) is 9.59. The summed E-state index contributed by atoms with van der Waals surface area (Å²) in [5.41, 5.74) is 0.526. The van der Waals surface area contributed by atoms with Crippen LogP contribution in [0.4, 0.5) is 0 Å². The lowest BCUT2D eigenvalue weighted by molar-refractivity contribution is -0.123. The third-order valence-electron chi connectivity index (χ3n) is 4.11. The molecule has 160 valence electrons. The van der Waals surface area contributed by atoms with E-state index in [1.807, 2.05) is 0 Å². The molecule has 0 aliphatic carbocycles. The van der Waals surface area contributed by atoms with Gasteiger partial charge in [-0.2, -0.15) is 0 Å². The molecule has 0 atom stereocenters. The number of carbonyl (C=O) groups excluding carboxylic acids is 3. The molecule has 0 bridgehead atoms. The van der Waals surface area contributed by atoms with Gasteiger partial charge in [-0.05, 0) is 67.2 Å². The summed E-state index contributed by atoms with van der Waals surface area (Å²) in [5.74, 6) is -1.13. The molecule has 31 heavy (non-hydrogen) atoms. The molecule has 8 nitrogen and oxygen atoms in total. The van der Waals surface area contributed by atoms with Crippen LogP contribution in [0.2, 0.25) is 5.02 Å². The first kappa shape index (κ1) is 22.3.